The third kappa shape index (κ3) is 7.87. The molecule has 0 saturated carbocycles. The number of esters is 1. The van der Waals surface area contributed by atoms with E-state index in [4.69, 9.17) is 27.5 Å². The Morgan fingerprint density at radius 3 is 2.37 bits per heavy atom. The molecule has 0 aromatic heterocycles. The summed E-state index contributed by atoms with van der Waals surface area (Å²) in [7, 11) is 0. The van der Waals surface area contributed by atoms with E-state index < -0.39 is 6.04 Å². The summed E-state index contributed by atoms with van der Waals surface area (Å²) in [6.45, 7) is 2.05. The van der Waals surface area contributed by atoms with Crippen molar-refractivity contribution in [3.63, 3.8) is 0 Å². The number of nitrogens with one attached hydrogen (secondary N) is 2. The highest BCUT2D eigenvalue weighted by Crippen LogP contribution is 2.20. The molecular formula is C23H28ClN3O3. The van der Waals surface area contributed by atoms with Crippen molar-refractivity contribution in [3.05, 3.63) is 70.2 Å². The van der Waals surface area contributed by atoms with E-state index in [0.717, 1.165) is 30.4 Å². The molecule has 1 unspecified atom stereocenters. The molecule has 0 bridgehead atoms. The van der Waals surface area contributed by atoms with E-state index in [9.17, 15) is 9.59 Å². The van der Waals surface area contributed by atoms with Gasteiger partial charge in [-0.1, -0.05) is 48.0 Å². The van der Waals surface area contributed by atoms with Crippen molar-refractivity contribution in [1.82, 2.24) is 5.32 Å². The maximum Gasteiger partial charge on any atom is 0.308 e. The molecule has 0 fully saturated rings. The van der Waals surface area contributed by atoms with E-state index in [1.54, 1.807) is 31.2 Å². The highest BCUT2D eigenvalue weighted by atomic mass is 35.5. The highest BCUT2D eigenvalue weighted by Gasteiger charge is 2.19. The fourth-order valence-electron chi connectivity index (χ4n) is 3.07. The predicted molar refractivity (Wildman–Crippen MR) is 119 cm³/mol. The van der Waals surface area contributed by atoms with Crippen LogP contribution in [0.2, 0.25) is 5.02 Å². The van der Waals surface area contributed by atoms with E-state index in [0.29, 0.717) is 23.6 Å². The number of amides is 1. The Balaban J connectivity index is 1.84. The van der Waals surface area contributed by atoms with E-state index in [2.05, 4.69) is 5.32 Å². The van der Waals surface area contributed by atoms with Crippen molar-refractivity contribution in [3.8, 4) is 0 Å². The third-order valence-electron chi connectivity index (χ3n) is 4.67. The van der Waals surface area contributed by atoms with Gasteiger partial charge in [0.1, 0.15) is 5.84 Å². The van der Waals surface area contributed by atoms with Crippen LogP contribution in [0.5, 0.6) is 0 Å². The summed E-state index contributed by atoms with van der Waals surface area (Å²) in [5.74, 6) is -0.408. The van der Waals surface area contributed by atoms with E-state index in [1.807, 2.05) is 24.3 Å². The number of nitrogen functional groups attached to an aromatic ring is 1. The molecule has 160 valence electrons. The lowest BCUT2D eigenvalue weighted by Crippen LogP contribution is -2.30. The second-order valence-electron chi connectivity index (χ2n) is 7.00. The van der Waals surface area contributed by atoms with Crippen LogP contribution < -0.4 is 11.1 Å². The van der Waals surface area contributed by atoms with E-state index in [-0.39, 0.29) is 24.1 Å². The first-order valence-corrected chi connectivity index (χ1v) is 10.4. The molecule has 2 aromatic carbocycles. The monoisotopic (exact) mass is 429 g/mol. The molecule has 0 aliphatic carbocycles. The van der Waals surface area contributed by atoms with Crippen LogP contribution in [0.1, 0.15) is 55.3 Å². The Morgan fingerprint density at radius 2 is 1.77 bits per heavy atom. The first kappa shape index (κ1) is 23.4. The number of amidine groups is 1. The molecule has 0 spiro atoms. The summed E-state index contributed by atoms with van der Waals surface area (Å²) in [6.07, 6.45) is 2.88. The van der Waals surface area contributed by atoms with Crippen molar-refractivity contribution in [1.29, 1.82) is 5.41 Å². The third-order valence-corrected chi connectivity index (χ3v) is 4.92. The Labute approximate surface area is 182 Å². The van der Waals surface area contributed by atoms with Gasteiger partial charge in [0.05, 0.1) is 19.1 Å². The van der Waals surface area contributed by atoms with Gasteiger partial charge in [0.2, 0.25) is 5.91 Å². The summed E-state index contributed by atoms with van der Waals surface area (Å²) in [6, 6.07) is 14.2. The summed E-state index contributed by atoms with van der Waals surface area (Å²) >= 11 is 5.94. The standard InChI is InChI=1S/C23H28ClN3O3/c1-2-30-22(29)15-20(17-11-13-19(24)14-12-17)27-21(28)6-4-3-5-16-7-9-18(10-8-16)23(25)26/h7-14,20H,2-6,15H2,1H3,(H3,25,26)(H,27,28). The average molecular weight is 430 g/mol. The maximum atomic E-state index is 12.4. The first-order valence-electron chi connectivity index (χ1n) is 10.0. The van der Waals surface area contributed by atoms with Crippen LogP contribution in [0.3, 0.4) is 0 Å². The first-order chi connectivity index (χ1) is 14.4. The lowest BCUT2D eigenvalue weighted by Gasteiger charge is -2.19. The topological polar surface area (TPSA) is 105 Å². The Kier molecular flexibility index (Phi) is 9.35. The fourth-order valence-corrected chi connectivity index (χ4v) is 3.19. The fraction of sp³-hybridized carbons (Fsp3) is 0.348. The van der Waals surface area contributed by atoms with Gasteiger partial charge in [-0.05, 0) is 49.4 Å². The number of carbonyl (C=O) groups excluding carboxylic acids is 2. The van der Waals surface area contributed by atoms with Crippen molar-refractivity contribution in [2.24, 2.45) is 5.73 Å². The zero-order chi connectivity index (χ0) is 21.9. The molecule has 0 heterocycles. The maximum absolute atomic E-state index is 12.4. The van der Waals surface area contributed by atoms with Crippen LogP contribution in [0.25, 0.3) is 0 Å². The van der Waals surface area contributed by atoms with Crippen LogP contribution in [0.4, 0.5) is 0 Å². The largest absolute Gasteiger partial charge is 0.466 e. The van der Waals surface area contributed by atoms with Crippen LogP contribution in [-0.2, 0) is 20.7 Å². The molecule has 0 aliphatic rings. The van der Waals surface area contributed by atoms with Gasteiger partial charge < -0.3 is 15.8 Å². The molecule has 0 saturated heterocycles. The normalized spacial score (nSPS) is 11.5. The Hall–Kier alpha value is -2.86. The predicted octanol–water partition coefficient (Wildman–Crippen LogP) is 4.15. The number of hydrogen-bond donors (Lipinski definition) is 3. The number of nitrogens with two attached hydrogens (primary N) is 1. The number of carbonyl (C=O) groups is 2. The number of halogens is 1. The van der Waals surface area contributed by atoms with Crippen molar-refractivity contribution < 1.29 is 14.3 Å². The molecule has 0 aliphatic heterocycles. The average Bonchev–Trinajstić information content (AvgIpc) is 2.72. The summed E-state index contributed by atoms with van der Waals surface area (Å²) in [4.78, 5) is 24.4. The molecule has 30 heavy (non-hydrogen) atoms. The van der Waals surface area contributed by atoms with Crippen molar-refractivity contribution in [2.45, 2.75) is 45.1 Å². The quantitative estimate of drug-likeness (QED) is 0.216. The van der Waals surface area contributed by atoms with Gasteiger partial charge in [0.15, 0.2) is 0 Å². The molecule has 2 aromatic rings. The Morgan fingerprint density at radius 1 is 1.10 bits per heavy atom. The van der Waals surface area contributed by atoms with Gasteiger partial charge in [0.25, 0.3) is 0 Å². The van der Waals surface area contributed by atoms with Gasteiger partial charge in [-0.3, -0.25) is 15.0 Å². The minimum absolute atomic E-state index is 0.0521. The summed E-state index contributed by atoms with van der Waals surface area (Å²) in [5.41, 5.74) is 8.11. The lowest BCUT2D eigenvalue weighted by molar-refractivity contribution is -0.143. The Bertz CT molecular complexity index is 851. The molecule has 6 nitrogen and oxygen atoms in total. The van der Waals surface area contributed by atoms with Crippen molar-refractivity contribution >= 4 is 29.3 Å². The minimum Gasteiger partial charge on any atom is -0.466 e. The molecular weight excluding hydrogens is 402 g/mol. The highest BCUT2D eigenvalue weighted by molar-refractivity contribution is 6.30. The second-order valence-corrected chi connectivity index (χ2v) is 7.43. The number of ether oxygens (including phenoxy) is 1. The van der Waals surface area contributed by atoms with Gasteiger partial charge in [-0.25, -0.2) is 0 Å². The zero-order valence-corrected chi connectivity index (χ0v) is 17.9. The van der Waals surface area contributed by atoms with Crippen LogP contribution in [0.15, 0.2) is 48.5 Å². The summed E-state index contributed by atoms with van der Waals surface area (Å²) in [5, 5.41) is 10.9. The van der Waals surface area contributed by atoms with E-state index in [1.165, 1.54) is 0 Å². The second kappa shape index (κ2) is 12.0. The molecule has 7 heteroatoms. The van der Waals surface area contributed by atoms with Gasteiger partial charge in [-0.2, -0.15) is 0 Å². The minimum atomic E-state index is -0.451. The SMILES string of the molecule is CCOC(=O)CC(NC(=O)CCCCc1ccc(C(=N)N)cc1)c1ccc(Cl)cc1. The molecule has 2 rings (SSSR count). The van der Waals surface area contributed by atoms with Crippen LogP contribution in [0, 0.1) is 5.41 Å². The number of hydrogen-bond acceptors (Lipinski definition) is 4. The van der Waals surface area contributed by atoms with E-state index >= 15 is 0 Å². The lowest BCUT2D eigenvalue weighted by atomic mass is 10.0. The molecule has 1 amide bonds. The van der Waals surface area contributed by atoms with Crippen LogP contribution in [-0.4, -0.2) is 24.3 Å². The number of unbranched alkanes of at least 4 members (excludes halogenated alkanes) is 1. The van der Waals surface area contributed by atoms with Gasteiger partial charge in [0, 0.05) is 17.0 Å². The molecule has 1 atom stereocenters. The van der Waals surface area contributed by atoms with Crippen molar-refractivity contribution in [2.75, 3.05) is 6.61 Å². The molecule has 0 radical (unpaired) electrons. The zero-order valence-electron chi connectivity index (χ0n) is 17.1. The van der Waals surface area contributed by atoms with Gasteiger partial charge >= 0.3 is 5.97 Å². The summed E-state index contributed by atoms with van der Waals surface area (Å²) < 4.78 is 5.03. The number of aryl methyl sites for hydroxylation is 1. The molecule has 4 N–H and O–H groups in total. The number of benzene rings is 2. The van der Waals surface area contributed by atoms with Crippen LogP contribution >= 0.6 is 11.6 Å². The smallest absolute Gasteiger partial charge is 0.308 e. The number of rotatable bonds is 11. The van der Waals surface area contributed by atoms with Gasteiger partial charge in [-0.15, -0.1) is 0 Å².